The number of rotatable bonds is 4. The molecule has 0 bridgehead atoms. The summed E-state index contributed by atoms with van der Waals surface area (Å²) in [6.45, 7) is 0. The lowest BCUT2D eigenvalue weighted by atomic mass is 10.1. The van der Waals surface area contributed by atoms with E-state index in [-0.39, 0.29) is 6.07 Å². The maximum Gasteiger partial charge on any atom is 0.418 e. The zero-order chi connectivity index (χ0) is 21.5. The Hall–Kier alpha value is -2.35. The predicted octanol–water partition coefficient (Wildman–Crippen LogP) is 6.09. The van der Waals surface area contributed by atoms with Crippen molar-refractivity contribution in [3.8, 4) is 0 Å². The van der Waals surface area contributed by atoms with Crippen molar-refractivity contribution in [2.24, 2.45) is 0 Å². The Morgan fingerprint density at radius 3 is 1.82 bits per heavy atom. The van der Waals surface area contributed by atoms with E-state index in [0.29, 0.717) is 17.0 Å². The number of non-ortho nitro benzene ring substituents is 1. The molecule has 0 saturated heterocycles. The highest BCUT2D eigenvalue weighted by Gasteiger charge is 2.41. The van der Waals surface area contributed by atoms with Gasteiger partial charge in [-0.15, -0.1) is 0 Å². The summed E-state index contributed by atoms with van der Waals surface area (Å²) in [6, 6.07) is 0.884. The van der Waals surface area contributed by atoms with Gasteiger partial charge in [0, 0.05) is 19.2 Å². The summed E-state index contributed by atoms with van der Waals surface area (Å²) in [5, 5.41) is 22.2. The van der Waals surface area contributed by atoms with E-state index in [1.165, 1.54) is 0 Å². The number of hydrogen-bond donors (Lipinski definition) is 0. The molecular formula is C14H6Br2F5N3O4. The molecule has 0 N–H and O–H groups in total. The van der Waals surface area contributed by atoms with Gasteiger partial charge in [-0.25, -0.2) is 8.78 Å². The van der Waals surface area contributed by atoms with Crippen molar-refractivity contribution in [2.45, 2.75) is 6.18 Å². The smallest absolute Gasteiger partial charge is 0.336 e. The van der Waals surface area contributed by atoms with Crippen LogP contribution in [0.1, 0.15) is 5.56 Å². The van der Waals surface area contributed by atoms with Crippen LogP contribution in [0.3, 0.4) is 0 Å². The van der Waals surface area contributed by atoms with Gasteiger partial charge in [0.15, 0.2) is 0 Å². The zero-order valence-corrected chi connectivity index (χ0v) is 16.5. The second-order valence-corrected chi connectivity index (χ2v) is 6.83. The molecule has 0 aliphatic carbocycles. The third kappa shape index (κ3) is 3.92. The summed E-state index contributed by atoms with van der Waals surface area (Å²) in [4.78, 5) is 20.3. The van der Waals surface area contributed by atoms with Gasteiger partial charge in [0.05, 0.1) is 36.1 Å². The fraction of sp³-hybridized carbons (Fsp3) is 0.143. The first-order chi connectivity index (χ1) is 12.8. The number of hydrogen-bond acceptors (Lipinski definition) is 5. The van der Waals surface area contributed by atoms with Crippen LogP contribution in [-0.2, 0) is 6.18 Å². The normalized spacial score (nSPS) is 11.4. The van der Waals surface area contributed by atoms with Crippen molar-refractivity contribution < 1.29 is 31.8 Å². The summed E-state index contributed by atoms with van der Waals surface area (Å²) in [5.74, 6) is -2.36. The second-order valence-electron chi connectivity index (χ2n) is 5.25. The summed E-state index contributed by atoms with van der Waals surface area (Å²) < 4.78 is 67.4. The number of nitrogens with zero attached hydrogens (tertiary/aromatic N) is 3. The number of nitro benzene ring substituents is 2. The summed E-state index contributed by atoms with van der Waals surface area (Å²) in [6.07, 6.45) is -5.24. The molecule has 150 valence electrons. The van der Waals surface area contributed by atoms with Crippen LogP contribution in [0.4, 0.5) is 44.7 Å². The first-order valence-corrected chi connectivity index (χ1v) is 8.46. The van der Waals surface area contributed by atoms with Gasteiger partial charge in [-0.1, -0.05) is 0 Å². The molecule has 2 rings (SSSR count). The van der Waals surface area contributed by atoms with Gasteiger partial charge in [-0.3, -0.25) is 20.2 Å². The summed E-state index contributed by atoms with van der Waals surface area (Å²) in [7, 11) is 0.896. The lowest BCUT2D eigenvalue weighted by molar-refractivity contribution is -0.394. The Morgan fingerprint density at radius 1 is 0.929 bits per heavy atom. The van der Waals surface area contributed by atoms with Crippen LogP contribution >= 0.6 is 31.9 Å². The summed E-state index contributed by atoms with van der Waals surface area (Å²) in [5.41, 5.74) is -5.82. The third-order valence-electron chi connectivity index (χ3n) is 3.55. The minimum atomic E-state index is -5.24. The van der Waals surface area contributed by atoms with E-state index in [4.69, 9.17) is 0 Å². The monoisotopic (exact) mass is 533 g/mol. The first kappa shape index (κ1) is 21.9. The lowest BCUT2D eigenvalue weighted by Gasteiger charge is -2.25. The number of nitro groups is 2. The third-order valence-corrected chi connectivity index (χ3v) is 5.06. The number of halogens is 7. The van der Waals surface area contributed by atoms with E-state index < -0.39 is 64.9 Å². The Labute approximate surface area is 169 Å². The van der Waals surface area contributed by atoms with Crippen molar-refractivity contribution >= 4 is 54.6 Å². The molecule has 0 aliphatic heterocycles. The molecule has 28 heavy (non-hydrogen) atoms. The van der Waals surface area contributed by atoms with Gasteiger partial charge in [-0.05, 0) is 31.9 Å². The molecular weight excluding hydrogens is 529 g/mol. The van der Waals surface area contributed by atoms with Crippen LogP contribution in [0, 0.1) is 31.9 Å². The lowest BCUT2D eigenvalue weighted by Crippen LogP contribution is -2.20. The van der Waals surface area contributed by atoms with E-state index in [1.807, 2.05) is 0 Å². The van der Waals surface area contributed by atoms with Gasteiger partial charge in [0.25, 0.3) is 11.4 Å². The fourth-order valence-corrected chi connectivity index (χ4v) is 3.81. The number of benzene rings is 2. The fourth-order valence-electron chi connectivity index (χ4n) is 2.38. The number of alkyl halides is 3. The summed E-state index contributed by atoms with van der Waals surface area (Å²) >= 11 is 5.53. The van der Waals surface area contributed by atoms with Gasteiger partial charge in [0.2, 0.25) is 0 Å². The maximum absolute atomic E-state index is 13.9. The van der Waals surface area contributed by atoms with E-state index >= 15 is 0 Å². The van der Waals surface area contributed by atoms with Crippen molar-refractivity contribution in [2.75, 3.05) is 11.9 Å². The molecule has 0 heterocycles. The Balaban J connectivity index is 2.96. The second kappa shape index (κ2) is 7.58. The van der Waals surface area contributed by atoms with Crippen molar-refractivity contribution in [3.63, 3.8) is 0 Å². The molecule has 14 heteroatoms. The predicted molar refractivity (Wildman–Crippen MR) is 94.6 cm³/mol. The van der Waals surface area contributed by atoms with Crippen molar-refractivity contribution in [3.05, 3.63) is 64.6 Å². The minimum Gasteiger partial charge on any atom is -0.336 e. The highest BCUT2D eigenvalue weighted by atomic mass is 79.9. The van der Waals surface area contributed by atoms with Crippen molar-refractivity contribution in [1.29, 1.82) is 0 Å². The van der Waals surface area contributed by atoms with Crippen molar-refractivity contribution in [1.82, 2.24) is 0 Å². The van der Waals surface area contributed by atoms with E-state index in [0.717, 1.165) is 7.05 Å². The highest BCUT2D eigenvalue weighted by Crippen LogP contribution is 2.49. The van der Waals surface area contributed by atoms with E-state index in [2.05, 4.69) is 31.9 Å². The largest absolute Gasteiger partial charge is 0.418 e. The van der Waals surface area contributed by atoms with Gasteiger partial charge in [0.1, 0.15) is 17.3 Å². The van der Waals surface area contributed by atoms with Crippen LogP contribution in [-0.4, -0.2) is 16.9 Å². The number of anilines is 2. The Kier molecular flexibility index (Phi) is 5.94. The quantitative estimate of drug-likeness (QED) is 0.205. The molecule has 0 atom stereocenters. The van der Waals surface area contributed by atoms with Gasteiger partial charge < -0.3 is 4.90 Å². The molecule has 7 nitrogen and oxygen atoms in total. The molecule has 0 aromatic heterocycles. The van der Waals surface area contributed by atoms with Crippen LogP contribution in [0.15, 0.2) is 27.1 Å². The van der Waals surface area contributed by atoms with Crippen LogP contribution in [0.2, 0.25) is 0 Å². The van der Waals surface area contributed by atoms with E-state index in [1.54, 1.807) is 0 Å². The zero-order valence-electron chi connectivity index (χ0n) is 13.4. The molecule has 0 unspecified atom stereocenters. The molecule has 0 saturated carbocycles. The van der Waals surface area contributed by atoms with Crippen LogP contribution in [0.25, 0.3) is 0 Å². The maximum atomic E-state index is 13.9. The van der Waals surface area contributed by atoms with Crippen LogP contribution < -0.4 is 4.90 Å². The SMILES string of the molecule is CN(c1c([N+](=O)[O-])cc([N+](=O)[O-])cc1C(F)(F)F)c1c(Br)c(F)cc(F)c1Br. The standard InChI is InChI=1S/C14H6Br2F5N3O4/c1-22(13-10(15)7(17)4-8(18)11(13)16)12-6(14(19,20)21)2-5(23(25)26)3-9(12)24(27)28/h2-4H,1H3. The molecule has 0 spiro atoms. The molecule has 0 radical (unpaired) electrons. The van der Waals surface area contributed by atoms with E-state index in [9.17, 15) is 42.2 Å². The Bertz CT molecular complexity index is 974. The average Bonchev–Trinajstić information content (AvgIpc) is 2.57. The molecule has 0 aliphatic rings. The Morgan fingerprint density at radius 2 is 1.43 bits per heavy atom. The van der Waals surface area contributed by atoms with Gasteiger partial charge in [-0.2, -0.15) is 13.2 Å². The van der Waals surface area contributed by atoms with Gasteiger partial charge >= 0.3 is 6.18 Å². The van der Waals surface area contributed by atoms with Crippen LogP contribution in [0.5, 0.6) is 0 Å². The highest BCUT2D eigenvalue weighted by molar-refractivity contribution is 9.11. The molecule has 0 amide bonds. The topological polar surface area (TPSA) is 89.5 Å². The molecule has 2 aromatic rings. The average molecular weight is 535 g/mol. The molecule has 2 aromatic carbocycles. The minimum absolute atomic E-state index is 0.107. The first-order valence-electron chi connectivity index (χ1n) is 6.88. The molecule has 0 fully saturated rings.